The van der Waals surface area contributed by atoms with Crippen molar-refractivity contribution in [2.45, 2.75) is 13.8 Å². The van der Waals surface area contributed by atoms with E-state index in [0.29, 0.717) is 11.1 Å². The summed E-state index contributed by atoms with van der Waals surface area (Å²) in [6.07, 6.45) is 0. The van der Waals surface area contributed by atoms with Gasteiger partial charge in [0.1, 0.15) is 0 Å². The first-order valence-corrected chi connectivity index (χ1v) is 3.67. The summed E-state index contributed by atoms with van der Waals surface area (Å²) in [5.74, 6) is 0.0389. The van der Waals surface area contributed by atoms with Gasteiger partial charge >= 0.3 is 0 Å². The Labute approximate surface area is 71.4 Å². The molecule has 0 atom stereocenters. The molecule has 2 nitrogen and oxygen atoms in total. The molecule has 12 heavy (non-hydrogen) atoms. The maximum absolute atomic E-state index is 11.0. The van der Waals surface area contributed by atoms with Gasteiger partial charge in [-0.05, 0) is 37.6 Å². The summed E-state index contributed by atoms with van der Waals surface area (Å²) in [7, 11) is 0. The quantitative estimate of drug-likeness (QED) is 0.588. The zero-order valence-corrected chi connectivity index (χ0v) is 7.09. The molecule has 0 amide bonds. The molecule has 0 saturated carbocycles. The maximum Gasteiger partial charge on any atom is 0.160 e. The second-order valence-electron chi connectivity index (χ2n) is 2.70. The van der Waals surface area contributed by atoms with Crippen molar-refractivity contribution in [3.8, 4) is 6.07 Å². The van der Waals surface area contributed by atoms with E-state index in [2.05, 4.69) is 0 Å². The molecule has 2 heteroatoms. The van der Waals surface area contributed by atoms with Crippen molar-refractivity contribution in [1.29, 1.82) is 5.26 Å². The van der Waals surface area contributed by atoms with Gasteiger partial charge in [-0.1, -0.05) is 0 Å². The number of hydrogen-bond acceptors (Lipinski definition) is 2. The number of ketones is 1. The van der Waals surface area contributed by atoms with E-state index in [1.54, 1.807) is 18.2 Å². The molecule has 0 aliphatic carbocycles. The summed E-state index contributed by atoms with van der Waals surface area (Å²) in [6, 6.07) is 7.09. The number of benzene rings is 1. The van der Waals surface area contributed by atoms with Gasteiger partial charge < -0.3 is 0 Å². The van der Waals surface area contributed by atoms with E-state index in [-0.39, 0.29) is 5.78 Å². The van der Waals surface area contributed by atoms with Gasteiger partial charge in [-0.15, -0.1) is 0 Å². The topological polar surface area (TPSA) is 40.9 Å². The van der Waals surface area contributed by atoms with E-state index in [1.807, 2.05) is 13.0 Å². The molecule has 0 saturated heterocycles. The van der Waals surface area contributed by atoms with E-state index in [1.165, 1.54) is 6.92 Å². The average Bonchev–Trinajstić information content (AvgIpc) is 2.03. The van der Waals surface area contributed by atoms with E-state index in [0.717, 1.165) is 5.56 Å². The monoisotopic (exact) mass is 159 g/mol. The second-order valence-corrected chi connectivity index (χ2v) is 2.70. The molecule has 1 rings (SSSR count). The summed E-state index contributed by atoms with van der Waals surface area (Å²) in [4.78, 5) is 11.0. The van der Waals surface area contributed by atoms with E-state index in [4.69, 9.17) is 5.26 Å². The molecule has 0 fully saturated rings. The molecule has 0 bridgehead atoms. The smallest absolute Gasteiger partial charge is 0.160 e. The molecular formula is C10H9NO. The fraction of sp³-hybridized carbons (Fsp3) is 0.200. The van der Waals surface area contributed by atoms with Crippen LogP contribution in [-0.2, 0) is 0 Å². The predicted molar refractivity (Wildman–Crippen MR) is 45.9 cm³/mol. The molecule has 0 heterocycles. The zero-order chi connectivity index (χ0) is 9.14. The van der Waals surface area contributed by atoms with Crippen molar-refractivity contribution in [1.82, 2.24) is 0 Å². The summed E-state index contributed by atoms with van der Waals surface area (Å²) in [5.41, 5.74) is 2.15. The van der Waals surface area contributed by atoms with Gasteiger partial charge in [0.15, 0.2) is 5.78 Å². The van der Waals surface area contributed by atoms with Crippen molar-refractivity contribution in [2.75, 3.05) is 0 Å². The molecule has 60 valence electrons. The molecule has 0 aliphatic rings. The number of aryl methyl sites for hydroxylation is 1. The Morgan fingerprint density at radius 2 is 2.17 bits per heavy atom. The SMILES string of the molecule is CC(=O)c1ccc(C#N)cc1C. The summed E-state index contributed by atoms with van der Waals surface area (Å²) < 4.78 is 0. The molecule has 0 unspecified atom stereocenters. The van der Waals surface area contributed by atoms with Crippen LogP contribution in [0.5, 0.6) is 0 Å². The Balaban J connectivity index is 3.23. The first-order valence-electron chi connectivity index (χ1n) is 3.67. The normalized spacial score (nSPS) is 9.08. The lowest BCUT2D eigenvalue weighted by atomic mass is 10.0. The largest absolute Gasteiger partial charge is 0.295 e. The van der Waals surface area contributed by atoms with Gasteiger partial charge in [-0.3, -0.25) is 4.79 Å². The molecular weight excluding hydrogens is 150 g/mol. The van der Waals surface area contributed by atoms with Crippen molar-refractivity contribution in [2.24, 2.45) is 0 Å². The van der Waals surface area contributed by atoms with Crippen LogP contribution < -0.4 is 0 Å². The minimum absolute atomic E-state index is 0.0389. The van der Waals surface area contributed by atoms with E-state index < -0.39 is 0 Å². The Kier molecular flexibility index (Phi) is 2.25. The molecule has 0 aliphatic heterocycles. The molecule has 0 aromatic heterocycles. The third-order valence-electron chi connectivity index (χ3n) is 1.73. The molecule has 0 radical (unpaired) electrons. The highest BCUT2D eigenvalue weighted by Crippen LogP contribution is 2.10. The van der Waals surface area contributed by atoms with Crippen LogP contribution in [0.1, 0.15) is 28.4 Å². The van der Waals surface area contributed by atoms with Crippen LogP contribution in [0.25, 0.3) is 0 Å². The van der Waals surface area contributed by atoms with E-state index >= 15 is 0 Å². The molecule has 1 aromatic carbocycles. The average molecular weight is 159 g/mol. The van der Waals surface area contributed by atoms with Crippen molar-refractivity contribution in [3.63, 3.8) is 0 Å². The molecule has 1 aromatic rings. The number of nitriles is 1. The van der Waals surface area contributed by atoms with Gasteiger partial charge in [0.05, 0.1) is 11.6 Å². The van der Waals surface area contributed by atoms with Gasteiger partial charge in [-0.2, -0.15) is 5.26 Å². The Morgan fingerprint density at radius 3 is 2.58 bits per heavy atom. The molecule has 0 N–H and O–H groups in total. The fourth-order valence-corrected chi connectivity index (χ4v) is 1.13. The van der Waals surface area contributed by atoms with Crippen LogP contribution in [0, 0.1) is 18.3 Å². The van der Waals surface area contributed by atoms with Gasteiger partial charge in [0.2, 0.25) is 0 Å². The lowest BCUT2D eigenvalue weighted by Crippen LogP contribution is -1.95. The number of rotatable bonds is 1. The number of carbonyl (C=O) groups excluding carboxylic acids is 1. The third-order valence-corrected chi connectivity index (χ3v) is 1.73. The number of hydrogen-bond donors (Lipinski definition) is 0. The Bertz CT molecular complexity index is 361. The number of carbonyl (C=O) groups is 1. The summed E-state index contributed by atoms with van der Waals surface area (Å²) >= 11 is 0. The zero-order valence-electron chi connectivity index (χ0n) is 7.09. The Morgan fingerprint density at radius 1 is 1.50 bits per heavy atom. The lowest BCUT2D eigenvalue weighted by Gasteiger charge is -2.00. The highest BCUT2D eigenvalue weighted by atomic mass is 16.1. The minimum atomic E-state index is 0.0389. The van der Waals surface area contributed by atoms with Crippen LogP contribution in [0.15, 0.2) is 18.2 Å². The number of Topliss-reactive ketones (excluding diaryl/α,β-unsaturated/α-hetero) is 1. The van der Waals surface area contributed by atoms with Gasteiger partial charge in [0.25, 0.3) is 0 Å². The highest BCUT2D eigenvalue weighted by Gasteiger charge is 2.03. The van der Waals surface area contributed by atoms with Crippen LogP contribution in [0.2, 0.25) is 0 Å². The standard InChI is InChI=1S/C10H9NO/c1-7-5-9(6-11)3-4-10(7)8(2)12/h3-5H,1-2H3. The first kappa shape index (κ1) is 8.48. The van der Waals surface area contributed by atoms with Crippen LogP contribution in [-0.4, -0.2) is 5.78 Å². The lowest BCUT2D eigenvalue weighted by molar-refractivity contribution is 0.101. The molecule has 0 spiro atoms. The van der Waals surface area contributed by atoms with Gasteiger partial charge in [-0.25, -0.2) is 0 Å². The van der Waals surface area contributed by atoms with Crippen LogP contribution in [0.3, 0.4) is 0 Å². The summed E-state index contributed by atoms with van der Waals surface area (Å²) in [5, 5.41) is 8.56. The summed E-state index contributed by atoms with van der Waals surface area (Å²) in [6.45, 7) is 3.35. The van der Waals surface area contributed by atoms with Crippen LogP contribution >= 0.6 is 0 Å². The Hall–Kier alpha value is -1.62. The first-order chi connectivity index (χ1) is 5.65. The minimum Gasteiger partial charge on any atom is -0.295 e. The number of nitrogens with zero attached hydrogens (tertiary/aromatic N) is 1. The van der Waals surface area contributed by atoms with Crippen LogP contribution in [0.4, 0.5) is 0 Å². The second kappa shape index (κ2) is 3.19. The highest BCUT2D eigenvalue weighted by molar-refractivity contribution is 5.95. The fourth-order valence-electron chi connectivity index (χ4n) is 1.13. The predicted octanol–water partition coefficient (Wildman–Crippen LogP) is 2.07. The van der Waals surface area contributed by atoms with Crippen molar-refractivity contribution >= 4 is 5.78 Å². The van der Waals surface area contributed by atoms with Crippen molar-refractivity contribution in [3.05, 3.63) is 34.9 Å². The van der Waals surface area contributed by atoms with Gasteiger partial charge in [0, 0.05) is 5.56 Å². The van der Waals surface area contributed by atoms with Crippen molar-refractivity contribution < 1.29 is 4.79 Å². The van der Waals surface area contributed by atoms with E-state index in [9.17, 15) is 4.79 Å². The maximum atomic E-state index is 11.0. The third kappa shape index (κ3) is 1.51.